The molecule has 0 saturated heterocycles. The van der Waals surface area contributed by atoms with Crippen LogP contribution in [0.1, 0.15) is 9.67 Å². The first kappa shape index (κ1) is 13.0. The highest BCUT2D eigenvalue weighted by Gasteiger charge is 2.40. The van der Waals surface area contributed by atoms with Crippen LogP contribution in [-0.2, 0) is 0 Å². The summed E-state index contributed by atoms with van der Waals surface area (Å²) in [5.41, 5.74) is 0. The molecule has 1 rings (SSSR count). The zero-order chi connectivity index (χ0) is 12.3. The van der Waals surface area contributed by atoms with E-state index in [1.54, 1.807) is 0 Å². The average molecular weight is 269 g/mol. The van der Waals surface area contributed by atoms with E-state index in [1.807, 2.05) is 0 Å². The van der Waals surface area contributed by atoms with E-state index in [1.165, 1.54) is 0 Å². The fourth-order valence-electron chi connectivity index (χ4n) is 0.714. The van der Waals surface area contributed by atoms with Crippen molar-refractivity contribution >= 4 is 29.1 Å². The first-order valence-electron chi connectivity index (χ1n) is 3.89. The quantitative estimate of drug-likeness (QED) is 0.659. The summed E-state index contributed by atoms with van der Waals surface area (Å²) in [5.74, 6) is -1.26. The molecule has 0 fully saturated rings. The summed E-state index contributed by atoms with van der Waals surface area (Å²) < 4.78 is 38.6. The van der Waals surface area contributed by atoms with Gasteiger partial charge in [0, 0.05) is 0 Å². The van der Waals surface area contributed by atoms with Crippen molar-refractivity contribution in [2.45, 2.75) is 15.8 Å². The van der Waals surface area contributed by atoms with E-state index in [0.717, 1.165) is 6.20 Å². The molecule has 0 bridgehead atoms. The Bertz CT molecular complexity index is 408. The van der Waals surface area contributed by atoms with Crippen LogP contribution in [0.2, 0.25) is 0 Å². The fourth-order valence-corrected chi connectivity index (χ4v) is 2.52. The Labute approximate surface area is 97.0 Å². The number of allylic oxidation sites excluding steroid dienone is 1. The van der Waals surface area contributed by atoms with E-state index < -0.39 is 17.4 Å². The van der Waals surface area contributed by atoms with Gasteiger partial charge in [-0.1, -0.05) is 12.7 Å². The molecule has 1 atom stereocenters. The maximum atomic E-state index is 13.0. The molecule has 1 unspecified atom stereocenters. The van der Waals surface area contributed by atoms with Crippen molar-refractivity contribution in [3.05, 3.63) is 23.7 Å². The van der Waals surface area contributed by atoms with Crippen molar-refractivity contribution in [1.82, 2.24) is 4.98 Å². The molecule has 0 spiro atoms. The Balaban J connectivity index is 2.79. The smallest absolute Gasteiger partial charge is 0.347 e. The Morgan fingerprint density at radius 1 is 1.75 bits per heavy atom. The van der Waals surface area contributed by atoms with Crippen molar-refractivity contribution in [2.75, 3.05) is 0 Å². The number of aromatic nitrogens is 1. The van der Waals surface area contributed by atoms with Crippen LogP contribution in [0.3, 0.4) is 0 Å². The largest absolute Gasteiger partial charge is 0.477 e. The summed E-state index contributed by atoms with van der Waals surface area (Å²) >= 11 is 0.448. The van der Waals surface area contributed by atoms with Crippen LogP contribution in [0.25, 0.3) is 0 Å². The van der Waals surface area contributed by atoms with Gasteiger partial charge in [-0.2, -0.15) is 8.78 Å². The van der Waals surface area contributed by atoms with Crippen LogP contribution in [-0.4, -0.2) is 27.5 Å². The number of halogens is 3. The number of thioether (sulfide) groups is 1. The van der Waals surface area contributed by atoms with Crippen LogP contribution < -0.4 is 0 Å². The average Bonchev–Trinajstić information content (AvgIpc) is 2.64. The Morgan fingerprint density at radius 3 is 2.81 bits per heavy atom. The third-order valence-electron chi connectivity index (χ3n) is 1.45. The molecule has 0 aliphatic rings. The van der Waals surface area contributed by atoms with E-state index in [-0.39, 0.29) is 21.0 Å². The maximum Gasteiger partial charge on any atom is 0.347 e. The SMILES string of the molecule is C=CC(F)C(F)(F)Sc1ncc(C(=O)O)s1. The molecule has 0 saturated carbocycles. The number of alkyl halides is 3. The molecule has 0 aliphatic heterocycles. The Morgan fingerprint density at radius 2 is 2.38 bits per heavy atom. The highest BCUT2D eigenvalue weighted by atomic mass is 32.2. The molecular formula is C8H6F3NO2S2. The summed E-state index contributed by atoms with van der Waals surface area (Å²) in [4.78, 5) is 13.7. The molecular weight excluding hydrogens is 263 g/mol. The first-order chi connectivity index (χ1) is 7.36. The molecule has 0 aromatic carbocycles. The lowest BCUT2D eigenvalue weighted by Gasteiger charge is -2.15. The molecule has 0 radical (unpaired) electrons. The third kappa shape index (κ3) is 2.99. The van der Waals surface area contributed by atoms with E-state index in [9.17, 15) is 18.0 Å². The van der Waals surface area contributed by atoms with Gasteiger partial charge in [-0.05, 0) is 11.8 Å². The van der Waals surface area contributed by atoms with Gasteiger partial charge in [0.1, 0.15) is 4.88 Å². The van der Waals surface area contributed by atoms with Crippen molar-refractivity contribution in [3.63, 3.8) is 0 Å². The normalized spacial score (nSPS) is 13.4. The lowest BCUT2D eigenvalue weighted by Crippen LogP contribution is -2.23. The molecule has 3 nitrogen and oxygen atoms in total. The second-order valence-electron chi connectivity index (χ2n) is 2.60. The predicted octanol–water partition coefficient (Wildman–Crippen LogP) is 3.05. The van der Waals surface area contributed by atoms with Gasteiger partial charge in [0.05, 0.1) is 6.20 Å². The van der Waals surface area contributed by atoms with Crippen LogP contribution in [0, 0.1) is 0 Å². The van der Waals surface area contributed by atoms with Crippen molar-refractivity contribution in [1.29, 1.82) is 0 Å². The summed E-state index contributed by atoms with van der Waals surface area (Å²) in [5, 5.41) is 4.84. The molecule has 16 heavy (non-hydrogen) atoms. The number of carbonyl (C=O) groups is 1. The lowest BCUT2D eigenvalue weighted by molar-refractivity contribution is 0.0382. The van der Waals surface area contributed by atoms with Gasteiger partial charge >= 0.3 is 11.2 Å². The van der Waals surface area contributed by atoms with Crippen LogP contribution >= 0.6 is 23.1 Å². The van der Waals surface area contributed by atoms with Crippen molar-refractivity contribution in [3.8, 4) is 0 Å². The second kappa shape index (κ2) is 4.88. The number of thiazole rings is 1. The van der Waals surface area contributed by atoms with Gasteiger partial charge < -0.3 is 5.11 Å². The minimum atomic E-state index is -3.70. The number of nitrogens with zero attached hydrogens (tertiary/aromatic N) is 1. The van der Waals surface area contributed by atoms with Gasteiger partial charge in [-0.15, -0.1) is 11.3 Å². The Hall–Kier alpha value is -1.02. The van der Waals surface area contributed by atoms with Gasteiger partial charge in [0.15, 0.2) is 10.5 Å². The standard InChI is InChI=1S/C8H6F3NO2S2/c1-2-5(9)8(10,11)16-7-12-3-4(15-7)6(13)14/h2-3,5H,1H2,(H,13,14). The number of hydrogen-bond donors (Lipinski definition) is 1. The van der Waals surface area contributed by atoms with Gasteiger partial charge in [-0.3, -0.25) is 0 Å². The highest BCUT2D eigenvalue weighted by Crippen LogP contribution is 2.41. The van der Waals surface area contributed by atoms with Crippen molar-refractivity contribution in [2.24, 2.45) is 0 Å². The van der Waals surface area contributed by atoms with Crippen LogP contribution in [0.4, 0.5) is 13.2 Å². The maximum absolute atomic E-state index is 13.0. The molecule has 1 aromatic rings. The number of rotatable bonds is 5. The van der Waals surface area contributed by atoms with E-state index >= 15 is 0 Å². The summed E-state index contributed by atoms with van der Waals surface area (Å²) in [6.07, 6.45) is -1.07. The number of carboxylic acid groups (broad SMARTS) is 1. The molecule has 88 valence electrons. The lowest BCUT2D eigenvalue weighted by atomic mass is 10.4. The van der Waals surface area contributed by atoms with E-state index in [4.69, 9.17) is 5.11 Å². The first-order valence-corrected chi connectivity index (χ1v) is 5.52. The molecule has 0 amide bonds. The van der Waals surface area contributed by atoms with Gasteiger partial charge in [-0.25, -0.2) is 14.2 Å². The Kier molecular flexibility index (Phi) is 3.98. The number of hydrogen-bond acceptors (Lipinski definition) is 4. The molecule has 1 heterocycles. The molecule has 1 N–H and O–H groups in total. The molecule has 8 heteroatoms. The number of carboxylic acids is 1. The van der Waals surface area contributed by atoms with E-state index in [2.05, 4.69) is 11.6 Å². The van der Waals surface area contributed by atoms with Gasteiger partial charge in [0.2, 0.25) is 0 Å². The minimum absolute atomic E-state index is 0.119. The third-order valence-corrected chi connectivity index (χ3v) is 3.50. The highest BCUT2D eigenvalue weighted by molar-refractivity contribution is 8.02. The summed E-state index contributed by atoms with van der Waals surface area (Å²) in [6, 6.07) is 0. The zero-order valence-corrected chi connectivity index (χ0v) is 9.33. The summed E-state index contributed by atoms with van der Waals surface area (Å²) in [6.45, 7) is 2.92. The summed E-state index contributed by atoms with van der Waals surface area (Å²) in [7, 11) is 0. The second-order valence-corrected chi connectivity index (χ2v) is 5.02. The minimum Gasteiger partial charge on any atom is -0.477 e. The fraction of sp³-hybridized carbons (Fsp3) is 0.250. The molecule has 0 aliphatic carbocycles. The van der Waals surface area contributed by atoms with E-state index in [0.29, 0.717) is 17.4 Å². The van der Waals surface area contributed by atoms with Crippen LogP contribution in [0.15, 0.2) is 23.2 Å². The van der Waals surface area contributed by atoms with Crippen LogP contribution in [0.5, 0.6) is 0 Å². The monoisotopic (exact) mass is 269 g/mol. The van der Waals surface area contributed by atoms with Crippen molar-refractivity contribution < 1.29 is 23.1 Å². The van der Waals surface area contributed by atoms with Gasteiger partial charge in [0.25, 0.3) is 0 Å². The zero-order valence-electron chi connectivity index (χ0n) is 7.69. The topological polar surface area (TPSA) is 50.2 Å². The number of aromatic carboxylic acids is 1. The molecule has 1 aromatic heterocycles. The predicted molar refractivity (Wildman–Crippen MR) is 55.0 cm³/mol.